The zero-order valence-corrected chi connectivity index (χ0v) is 12.2. The summed E-state index contributed by atoms with van der Waals surface area (Å²) in [5.74, 6) is 0.913. The molecule has 1 aliphatic heterocycles. The van der Waals surface area contributed by atoms with E-state index in [9.17, 15) is 4.79 Å². The highest BCUT2D eigenvalue weighted by molar-refractivity contribution is 5.78. The molecule has 1 aliphatic rings. The molecule has 2 rings (SSSR count). The van der Waals surface area contributed by atoms with Gasteiger partial charge in [-0.25, -0.2) is 0 Å². The smallest absolute Gasteiger partial charge is 0.224 e. The topological polar surface area (TPSA) is 41.6 Å². The predicted octanol–water partition coefficient (Wildman–Crippen LogP) is 1.84. The van der Waals surface area contributed by atoms with E-state index in [1.807, 2.05) is 24.3 Å². The van der Waals surface area contributed by atoms with E-state index in [2.05, 4.69) is 10.2 Å². The van der Waals surface area contributed by atoms with Crippen LogP contribution in [0.25, 0.3) is 0 Å². The number of hydrogen-bond acceptors (Lipinski definition) is 3. The Labute approximate surface area is 121 Å². The molecule has 0 radical (unpaired) electrons. The van der Waals surface area contributed by atoms with Crippen molar-refractivity contribution in [1.82, 2.24) is 10.2 Å². The lowest BCUT2D eigenvalue weighted by Gasteiger charge is -2.14. The Bertz CT molecular complexity index is 411. The first-order valence-corrected chi connectivity index (χ1v) is 7.40. The average Bonchev–Trinajstić information content (AvgIpc) is 2.98. The lowest BCUT2D eigenvalue weighted by atomic mass is 10.1. The van der Waals surface area contributed by atoms with Crippen molar-refractivity contribution in [2.75, 3.05) is 33.3 Å². The van der Waals surface area contributed by atoms with Gasteiger partial charge in [-0.1, -0.05) is 12.1 Å². The van der Waals surface area contributed by atoms with E-state index in [0.717, 1.165) is 30.8 Å². The van der Waals surface area contributed by atoms with Gasteiger partial charge in [-0.15, -0.1) is 0 Å². The van der Waals surface area contributed by atoms with E-state index in [1.165, 1.54) is 25.9 Å². The third kappa shape index (κ3) is 4.85. The third-order valence-electron chi connectivity index (χ3n) is 3.70. The van der Waals surface area contributed by atoms with Crippen LogP contribution in [0.4, 0.5) is 0 Å². The number of hydrogen-bond donors (Lipinski definition) is 1. The maximum atomic E-state index is 11.8. The van der Waals surface area contributed by atoms with Crippen LogP contribution in [0.15, 0.2) is 24.3 Å². The van der Waals surface area contributed by atoms with Crippen molar-refractivity contribution in [3.05, 3.63) is 29.8 Å². The molecule has 0 spiro atoms. The predicted molar refractivity (Wildman–Crippen MR) is 80.0 cm³/mol. The minimum atomic E-state index is 0.0941. The molecule has 1 aromatic carbocycles. The number of carbonyl (C=O) groups is 1. The fourth-order valence-electron chi connectivity index (χ4n) is 2.53. The summed E-state index contributed by atoms with van der Waals surface area (Å²) in [6.45, 7) is 4.31. The molecule has 0 atom stereocenters. The molecule has 0 saturated carbocycles. The van der Waals surface area contributed by atoms with Gasteiger partial charge in [-0.2, -0.15) is 0 Å². The lowest BCUT2D eigenvalue weighted by molar-refractivity contribution is -0.120. The number of benzene rings is 1. The summed E-state index contributed by atoms with van der Waals surface area (Å²) < 4.78 is 5.10. The van der Waals surface area contributed by atoms with Gasteiger partial charge in [0.05, 0.1) is 13.5 Å². The van der Waals surface area contributed by atoms with Gasteiger partial charge in [-0.05, 0) is 56.6 Å². The maximum absolute atomic E-state index is 11.8. The van der Waals surface area contributed by atoms with E-state index in [1.54, 1.807) is 7.11 Å². The molecule has 4 heteroatoms. The number of methoxy groups -OCH3 is 1. The molecule has 0 bridgehead atoms. The van der Waals surface area contributed by atoms with Crippen molar-refractivity contribution in [2.45, 2.75) is 25.7 Å². The molecule has 1 saturated heterocycles. The zero-order chi connectivity index (χ0) is 14.2. The third-order valence-corrected chi connectivity index (χ3v) is 3.70. The minimum absolute atomic E-state index is 0.0941. The van der Waals surface area contributed by atoms with Crippen LogP contribution in [-0.2, 0) is 11.2 Å². The number of amides is 1. The van der Waals surface area contributed by atoms with Gasteiger partial charge >= 0.3 is 0 Å². The minimum Gasteiger partial charge on any atom is -0.497 e. The van der Waals surface area contributed by atoms with Crippen molar-refractivity contribution < 1.29 is 9.53 Å². The van der Waals surface area contributed by atoms with Gasteiger partial charge in [0.15, 0.2) is 0 Å². The van der Waals surface area contributed by atoms with Gasteiger partial charge in [0, 0.05) is 6.54 Å². The summed E-state index contributed by atoms with van der Waals surface area (Å²) in [5.41, 5.74) is 1.02. The highest BCUT2D eigenvalue weighted by Gasteiger charge is 2.10. The molecule has 1 amide bonds. The maximum Gasteiger partial charge on any atom is 0.224 e. The Morgan fingerprint density at radius 1 is 1.25 bits per heavy atom. The number of nitrogens with zero attached hydrogens (tertiary/aromatic N) is 1. The van der Waals surface area contributed by atoms with E-state index < -0.39 is 0 Å². The van der Waals surface area contributed by atoms with Crippen LogP contribution in [0.1, 0.15) is 24.8 Å². The largest absolute Gasteiger partial charge is 0.497 e. The zero-order valence-electron chi connectivity index (χ0n) is 12.2. The van der Waals surface area contributed by atoms with Gasteiger partial charge in [0.2, 0.25) is 5.91 Å². The summed E-state index contributed by atoms with van der Waals surface area (Å²) >= 11 is 0. The van der Waals surface area contributed by atoms with E-state index in [4.69, 9.17) is 4.74 Å². The molecule has 4 nitrogen and oxygen atoms in total. The second kappa shape index (κ2) is 7.90. The van der Waals surface area contributed by atoms with Crippen LogP contribution in [0.3, 0.4) is 0 Å². The first-order valence-electron chi connectivity index (χ1n) is 7.40. The monoisotopic (exact) mass is 276 g/mol. The summed E-state index contributed by atoms with van der Waals surface area (Å²) in [6.07, 6.45) is 4.12. The number of rotatable bonds is 7. The number of nitrogens with one attached hydrogen (secondary N) is 1. The molecular formula is C16H24N2O2. The van der Waals surface area contributed by atoms with Crippen molar-refractivity contribution in [3.63, 3.8) is 0 Å². The SMILES string of the molecule is COc1ccc(CC(=O)NCCCN2CCCC2)cc1. The highest BCUT2D eigenvalue weighted by atomic mass is 16.5. The normalized spacial score (nSPS) is 15.2. The van der Waals surface area contributed by atoms with Crippen molar-refractivity contribution in [2.24, 2.45) is 0 Å². The van der Waals surface area contributed by atoms with E-state index >= 15 is 0 Å². The second-order valence-electron chi connectivity index (χ2n) is 5.28. The molecule has 0 unspecified atom stereocenters. The molecule has 1 heterocycles. The van der Waals surface area contributed by atoms with Crippen LogP contribution in [-0.4, -0.2) is 44.1 Å². The molecule has 1 fully saturated rings. The lowest BCUT2D eigenvalue weighted by Crippen LogP contribution is -2.29. The molecular weight excluding hydrogens is 252 g/mol. The van der Waals surface area contributed by atoms with Gasteiger partial charge in [0.1, 0.15) is 5.75 Å². The molecule has 110 valence electrons. The van der Waals surface area contributed by atoms with Crippen molar-refractivity contribution in [1.29, 1.82) is 0 Å². The van der Waals surface area contributed by atoms with Gasteiger partial charge < -0.3 is 15.0 Å². The summed E-state index contributed by atoms with van der Waals surface area (Å²) in [4.78, 5) is 14.3. The summed E-state index contributed by atoms with van der Waals surface area (Å²) in [6, 6.07) is 7.64. The van der Waals surface area contributed by atoms with Gasteiger partial charge in [-0.3, -0.25) is 4.79 Å². The number of likely N-dealkylation sites (tertiary alicyclic amines) is 1. The van der Waals surface area contributed by atoms with E-state index in [0.29, 0.717) is 6.42 Å². The van der Waals surface area contributed by atoms with Crippen molar-refractivity contribution >= 4 is 5.91 Å². The molecule has 0 aliphatic carbocycles. The molecule has 1 aromatic rings. The Kier molecular flexibility index (Phi) is 5.87. The standard InChI is InChI=1S/C16H24N2O2/c1-20-15-7-5-14(6-8-15)13-16(19)17-9-4-12-18-10-2-3-11-18/h5-8H,2-4,9-13H2,1H3,(H,17,19). The molecule has 20 heavy (non-hydrogen) atoms. The van der Waals surface area contributed by atoms with Crippen LogP contribution < -0.4 is 10.1 Å². The van der Waals surface area contributed by atoms with Crippen LogP contribution in [0.2, 0.25) is 0 Å². The Morgan fingerprint density at radius 2 is 1.95 bits per heavy atom. The fourth-order valence-corrected chi connectivity index (χ4v) is 2.53. The quantitative estimate of drug-likeness (QED) is 0.773. The first-order chi connectivity index (χ1) is 9.78. The van der Waals surface area contributed by atoms with Crippen molar-refractivity contribution in [3.8, 4) is 5.75 Å². The van der Waals surface area contributed by atoms with Crippen LogP contribution in [0.5, 0.6) is 5.75 Å². The number of ether oxygens (including phenoxy) is 1. The summed E-state index contributed by atoms with van der Waals surface area (Å²) in [5, 5.41) is 2.99. The average molecular weight is 276 g/mol. The van der Waals surface area contributed by atoms with Crippen LogP contribution in [0, 0.1) is 0 Å². The Morgan fingerprint density at radius 3 is 2.60 bits per heavy atom. The highest BCUT2D eigenvalue weighted by Crippen LogP contribution is 2.11. The number of carbonyl (C=O) groups excluding carboxylic acids is 1. The van der Waals surface area contributed by atoms with Gasteiger partial charge in [0.25, 0.3) is 0 Å². The second-order valence-corrected chi connectivity index (χ2v) is 5.28. The Hall–Kier alpha value is -1.55. The summed E-state index contributed by atoms with van der Waals surface area (Å²) in [7, 11) is 1.64. The molecule has 0 aromatic heterocycles. The van der Waals surface area contributed by atoms with E-state index in [-0.39, 0.29) is 5.91 Å². The Balaban J connectivity index is 1.61. The van der Waals surface area contributed by atoms with Crippen LogP contribution >= 0.6 is 0 Å². The first kappa shape index (κ1) is 14.9. The molecule has 1 N–H and O–H groups in total. The fraction of sp³-hybridized carbons (Fsp3) is 0.562.